The van der Waals surface area contributed by atoms with Crippen LogP contribution in [0, 0.1) is 0 Å². The van der Waals surface area contributed by atoms with Crippen molar-refractivity contribution in [2.75, 3.05) is 5.32 Å². The van der Waals surface area contributed by atoms with E-state index in [1.54, 1.807) is 12.1 Å². The van der Waals surface area contributed by atoms with Crippen LogP contribution in [0.1, 0.15) is 23.5 Å². The number of carbonyl (C=O) groups excluding carboxylic acids is 1. The van der Waals surface area contributed by atoms with Gasteiger partial charge in [0.1, 0.15) is 5.58 Å². The first-order valence-electron chi connectivity index (χ1n) is 7.25. The molecular formula is C18H12BrNO3. The van der Waals surface area contributed by atoms with Gasteiger partial charge in [0, 0.05) is 22.2 Å². The van der Waals surface area contributed by atoms with Crippen LogP contribution in [0.3, 0.4) is 0 Å². The van der Waals surface area contributed by atoms with Crippen LogP contribution in [-0.4, -0.2) is 5.91 Å². The first-order valence-corrected chi connectivity index (χ1v) is 8.04. The standard InChI is InChI=1S/C18H12BrNO3/c19-13-7-3-1-5-10(13)12-9-15(21)20-17-11-6-2-4-8-14(11)23-18(22)16(12)17/h1-8,12H,9H2,(H,20,21). The Hall–Kier alpha value is -2.40. The highest BCUT2D eigenvalue weighted by atomic mass is 79.9. The van der Waals surface area contributed by atoms with Gasteiger partial charge in [0.05, 0.1) is 11.3 Å². The number of hydrogen-bond acceptors (Lipinski definition) is 3. The van der Waals surface area contributed by atoms with Crippen LogP contribution >= 0.6 is 15.9 Å². The average molecular weight is 370 g/mol. The van der Waals surface area contributed by atoms with Crippen molar-refractivity contribution in [3.8, 4) is 0 Å². The molecule has 1 N–H and O–H groups in total. The minimum atomic E-state index is -0.403. The molecule has 1 unspecified atom stereocenters. The van der Waals surface area contributed by atoms with E-state index in [2.05, 4.69) is 21.2 Å². The smallest absolute Gasteiger partial charge is 0.342 e. The van der Waals surface area contributed by atoms with Crippen molar-refractivity contribution in [2.24, 2.45) is 0 Å². The minimum absolute atomic E-state index is 0.103. The fourth-order valence-electron chi connectivity index (χ4n) is 3.12. The van der Waals surface area contributed by atoms with Gasteiger partial charge >= 0.3 is 5.63 Å². The lowest BCUT2D eigenvalue weighted by molar-refractivity contribution is -0.116. The van der Waals surface area contributed by atoms with Gasteiger partial charge in [0.2, 0.25) is 5.91 Å². The summed E-state index contributed by atoms with van der Waals surface area (Å²) in [5.41, 5.74) is 2.05. The topological polar surface area (TPSA) is 59.3 Å². The molecule has 0 fully saturated rings. The molecule has 23 heavy (non-hydrogen) atoms. The fourth-order valence-corrected chi connectivity index (χ4v) is 3.68. The molecule has 0 saturated carbocycles. The fraction of sp³-hybridized carbons (Fsp3) is 0.111. The van der Waals surface area contributed by atoms with Crippen molar-refractivity contribution in [3.05, 3.63) is 74.6 Å². The van der Waals surface area contributed by atoms with Crippen LogP contribution in [0.5, 0.6) is 0 Å². The summed E-state index contributed by atoms with van der Waals surface area (Å²) in [5, 5.41) is 3.59. The lowest BCUT2D eigenvalue weighted by atomic mass is 9.85. The monoisotopic (exact) mass is 369 g/mol. The van der Waals surface area contributed by atoms with Crippen molar-refractivity contribution in [1.82, 2.24) is 0 Å². The Morgan fingerprint density at radius 1 is 1.04 bits per heavy atom. The van der Waals surface area contributed by atoms with Gasteiger partial charge in [-0.15, -0.1) is 0 Å². The largest absolute Gasteiger partial charge is 0.422 e. The highest BCUT2D eigenvalue weighted by Crippen LogP contribution is 2.40. The van der Waals surface area contributed by atoms with E-state index in [1.807, 2.05) is 36.4 Å². The molecule has 3 aromatic rings. The van der Waals surface area contributed by atoms with Gasteiger partial charge in [-0.25, -0.2) is 4.79 Å². The summed E-state index contributed by atoms with van der Waals surface area (Å²) >= 11 is 3.51. The second kappa shape index (κ2) is 5.35. The Balaban J connectivity index is 2.05. The normalized spacial score (nSPS) is 16.9. The Bertz CT molecular complexity index is 993. The molecule has 1 aliphatic rings. The van der Waals surface area contributed by atoms with Gasteiger partial charge in [-0.3, -0.25) is 4.79 Å². The van der Waals surface area contributed by atoms with Crippen molar-refractivity contribution in [3.63, 3.8) is 0 Å². The predicted molar refractivity (Wildman–Crippen MR) is 91.7 cm³/mol. The summed E-state index contributed by atoms with van der Waals surface area (Å²) in [5.74, 6) is -0.427. The summed E-state index contributed by atoms with van der Waals surface area (Å²) in [6.45, 7) is 0. The third-order valence-electron chi connectivity index (χ3n) is 4.13. The van der Waals surface area contributed by atoms with Crippen molar-refractivity contribution < 1.29 is 9.21 Å². The molecule has 0 aliphatic carbocycles. The minimum Gasteiger partial charge on any atom is -0.422 e. The number of carbonyl (C=O) groups is 1. The van der Waals surface area contributed by atoms with Crippen LogP contribution < -0.4 is 10.9 Å². The van der Waals surface area contributed by atoms with Crippen LogP contribution in [-0.2, 0) is 4.79 Å². The van der Waals surface area contributed by atoms with Crippen molar-refractivity contribution in [2.45, 2.75) is 12.3 Å². The van der Waals surface area contributed by atoms with Gasteiger partial charge in [-0.1, -0.05) is 46.3 Å². The molecule has 0 radical (unpaired) electrons. The molecule has 2 heterocycles. The Labute approximate surface area is 140 Å². The zero-order valence-electron chi connectivity index (χ0n) is 12.0. The molecular weight excluding hydrogens is 358 g/mol. The summed E-state index contributed by atoms with van der Waals surface area (Å²) in [6.07, 6.45) is 0.221. The SMILES string of the molecule is O=C1CC(c2ccccc2Br)c2c(c3ccccc3oc2=O)N1. The second-order valence-corrected chi connectivity index (χ2v) is 6.36. The number of fused-ring (bicyclic) bond motifs is 3. The third-order valence-corrected chi connectivity index (χ3v) is 4.85. The van der Waals surface area contributed by atoms with E-state index >= 15 is 0 Å². The van der Waals surface area contributed by atoms with Gasteiger partial charge < -0.3 is 9.73 Å². The second-order valence-electron chi connectivity index (χ2n) is 5.50. The summed E-state index contributed by atoms with van der Waals surface area (Å²) in [6, 6.07) is 14.9. The molecule has 2 aromatic carbocycles. The number of nitrogens with one attached hydrogen (secondary N) is 1. The van der Waals surface area contributed by atoms with Gasteiger partial charge in [-0.05, 0) is 23.8 Å². The quantitative estimate of drug-likeness (QED) is 0.658. The molecule has 0 bridgehead atoms. The maximum atomic E-state index is 12.5. The highest BCUT2D eigenvalue weighted by molar-refractivity contribution is 9.10. The van der Waals surface area contributed by atoms with Crippen LogP contribution in [0.2, 0.25) is 0 Å². The lowest BCUT2D eigenvalue weighted by Gasteiger charge is -2.26. The van der Waals surface area contributed by atoms with Crippen molar-refractivity contribution in [1.29, 1.82) is 0 Å². The summed E-state index contributed by atoms with van der Waals surface area (Å²) in [7, 11) is 0. The van der Waals surface area contributed by atoms with Gasteiger partial charge in [-0.2, -0.15) is 0 Å². The van der Waals surface area contributed by atoms with Crippen LogP contribution in [0.15, 0.2) is 62.2 Å². The van der Waals surface area contributed by atoms with E-state index in [4.69, 9.17) is 4.42 Å². The maximum Gasteiger partial charge on any atom is 0.342 e. The molecule has 4 nitrogen and oxygen atoms in total. The number of benzene rings is 2. The van der Waals surface area contributed by atoms with E-state index < -0.39 is 5.63 Å². The van der Waals surface area contributed by atoms with Gasteiger partial charge in [0.15, 0.2) is 0 Å². The highest BCUT2D eigenvalue weighted by Gasteiger charge is 2.32. The van der Waals surface area contributed by atoms with Gasteiger partial charge in [0.25, 0.3) is 0 Å². The number of anilines is 1. The Kier molecular flexibility index (Phi) is 3.31. The van der Waals surface area contributed by atoms with E-state index in [0.717, 1.165) is 15.4 Å². The van der Waals surface area contributed by atoms with E-state index in [9.17, 15) is 9.59 Å². The van der Waals surface area contributed by atoms with Crippen LogP contribution in [0.4, 0.5) is 5.69 Å². The lowest BCUT2D eigenvalue weighted by Crippen LogP contribution is -2.28. The molecule has 0 saturated heterocycles. The number of amides is 1. The van der Waals surface area contributed by atoms with Crippen molar-refractivity contribution >= 4 is 38.5 Å². The Morgan fingerprint density at radius 2 is 1.78 bits per heavy atom. The molecule has 114 valence electrons. The molecule has 0 spiro atoms. The molecule has 1 aliphatic heterocycles. The first-order chi connectivity index (χ1) is 11.1. The van der Waals surface area contributed by atoms with E-state index in [0.29, 0.717) is 16.8 Å². The first kappa shape index (κ1) is 14.2. The number of hydrogen-bond donors (Lipinski definition) is 1. The molecule has 1 amide bonds. The Morgan fingerprint density at radius 3 is 2.61 bits per heavy atom. The molecule has 4 rings (SSSR count). The summed E-state index contributed by atoms with van der Waals surface area (Å²) in [4.78, 5) is 24.8. The predicted octanol–water partition coefficient (Wildman–Crippen LogP) is 4.03. The third kappa shape index (κ3) is 2.28. The molecule has 1 atom stereocenters. The maximum absolute atomic E-state index is 12.5. The number of halogens is 1. The van der Waals surface area contributed by atoms with Crippen LogP contribution in [0.25, 0.3) is 11.0 Å². The molecule has 1 aromatic heterocycles. The zero-order valence-corrected chi connectivity index (χ0v) is 13.6. The molecule has 5 heteroatoms. The zero-order chi connectivity index (χ0) is 16.0. The average Bonchev–Trinajstić information content (AvgIpc) is 2.54. The van der Waals surface area contributed by atoms with E-state index in [-0.39, 0.29) is 18.2 Å². The van der Waals surface area contributed by atoms with E-state index in [1.165, 1.54) is 0 Å². The number of para-hydroxylation sites is 1. The summed E-state index contributed by atoms with van der Waals surface area (Å²) < 4.78 is 6.34. The number of rotatable bonds is 1.